The summed E-state index contributed by atoms with van der Waals surface area (Å²) in [5, 5.41) is 11.7. The Bertz CT molecular complexity index is 811. The molecule has 2 rings (SSSR count). The Kier molecular flexibility index (Phi) is 7.02. The molecule has 0 fully saturated rings. The monoisotopic (exact) mass is 390 g/mol. The molecule has 0 bridgehead atoms. The number of carboxylic acid groups (broad SMARTS) is 1. The number of aliphatic carboxylic acids is 1. The summed E-state index contributed by atoms with van der Waals surface area (Å²) in [6, 6.07) is 7.08. The van der Waals surface area contributed by atoms with Gasteiger partial charge in [-0.3, -0.25) is 14.4 Å². The molecule has 1 atom stereocenters. The fourth-order valence-electron chi connectivity index (χ4n) is 2.56. The van der Waals surface area contributed by atoms with Crippen LogP contribution in [0.15, 0.2) is 41.0 Å². The van der Waals surface area contributed by atoms with E-state index in [0.717, 1.165) is 4.90 Å². The highest BCUT2D eigenvalue weighted by molar-refractivity contribution is 5.95. The van der Waals surface area contributed by atoms with Crippen molar-refractivity contribution in [2.45, 2.75) is 19.5 Å². The van der Waals surface area contributed by atoms with Crippen LogP contribution in [0.3, 0.4) is 0 Å². The van der Waals surface area contributed by atoms with Crippen molar-refractivity contribution in [3.8, 4) is 11.5 Å². The number of carboxylic acids is 1. The molecule has 0 saturated heterocycles. The number of benzene rings is 1. The second-order valence-corrected chi connectivity index (χ2v) is 5.98. The van der Waals surface area contributed by atoms with Gasteiger partial charge in [0.25, 0.3) is 5.91 Å². The van der Waals surface area contributed by atoms with Crippen LogP contribution in [0.25, 0.3) is 0 Å². The second-order valence-electron chi connectivity index (χ2n) is 5.98. The highest BCUT2D eigenvalue weighted by atomic mass is 16.5. The van der Waals surface area contributed by atoms with Crippen molar-refractivity contribution >= 4 is 17.8 Å². The predicted molar refractivity (Wildman–Crippen MR) is 98.2 cm³/mol. The SMILES string of the molecule is COc1cc(CN(CC(=O)O)C(=O)C(C)NC(=O)c2ccco2)cc(OC)c1. The van der Waals surface area contributed by atoms with Gasteiger partial charge in [-0.1, -0.05) is 0 Å². The Morgan fingerprint density at radius 3 is 2.32 bits per heavy atom. The van der Waals surface area contributed by atoms with Crippen LogP contribution < -0.4 is 14.8 Å². The molecule has 0 aliphatic rings. The van der Waals surface area contributed by atoms with Crippen molar-refractivity contribution in [1.29, 1.82) is 0 Å². The maximum atomic E-state index is 12.8. The number of rotatable bonds is 9. The van der Waals surface area contributed by atoms with Gasteiger partial charge in [-0.25, -0.2) is 0 Å². The Balaban J connectivity index is 2.16. The molecule has 28 heavy (non-hydrogen) atoms. The summed E-state index contributed by atoms with van der Waals surface area (Å²) in [5.74, 6) is -1.21. The highest BCUT2D eigenvalue weighted by Crippen LogP contribution is 2.23. The first-order valence-corrected chi connectivity index (χ1v) is 8.41. The number of carbonyl (C=O) groups excluding carboxylic acids is 2. The van der Waals surface area contributed by atoms with Crippen LogP contribution in [0, 0.1) is 0 Å². The predicted octanol–water partition coefficient (Wildman–Crippen LogP) is 1.53. The van der Waals surface area contributed by atoms with E-state index in [9.17, 15) is 19.5 Å². The molecular weight excluding hydrogens is 368 g/mol. The number of ether oxygens (including phenoxy) is 2. The fraction of sp³-hybridized carbons (Fsp3) is 0.316. The summed E-state index contributed by atoms with van der Waals surface area (Å²) < 4.78 is 15.4. The first-order valence-electron chi connectivity index (χ1n) is 8.41. The first-order chi connectivity index (χ1) is 13.3. The molecule has 9 heteroatoms. The van der Waals surface area contributed by atoms with Crippen LogP contribution >= 0.6 is 0 Å². The summed E-state index contributed by atoms with van der Waals surface area (Å²) in [7, 11) is 2.98. The Morgan fingerprint density at radius 1 is 1.18 bits per heavy atom. The normalized spacial score (nSPS) is 11.4. The van der Waals surface area contributed by atoms with Crippen LogP contribution in [0.4, 0.5) is 0 Å². The van der Waals surface area contributed by atoms with Gasteiger partial charge < -0.3 is 29.2 Å². The van der Waals surface area contributed by atoms with Crippen LogP contribution in [0.2, 0.25) is 0 Å². The number of methoxy groups -OCH3 is 2. The minimum atomic E-state index is -1.17. The van der Waals surface area contributed by atoms with Gasteiger partial charge in [-0.05, 0) is 36.8 Å². The van der Waals surface area contributed by atoms with Crippen molar-refractivity contribution in [2.75, 3.05) is 20.8 Å². The minimum Gasteiger partial charge on any atom is -0.497 e. The smallest absolute Gasteiger partial charge is 0.323 e. The maximum absolute atomic E-state index is 12.8. The number of hydrogen-bond donors (Lipinski definition) is 2. The van der Waals surface area contributed by atoms with Gasteiger partial charge in [0.15, 0.2) is 5.76 Å². The third-order valence-electron chi connectivity index (χ3n) is 3.89. The highest BCUT2D eigenvalue weighted by Gasteiger charge is 2.25. The summed E-state index contributed by atoms with van der Waals surface area (Å²) in [6.45, 7) is 0.948. The third kappa shape index (κ3) is 5.50. The third-order valence-corrected chi connectivity index (χ3v) is 3.89. The van der Waals surface area contributed by atoms with Crippen LogP contribution in [-0.4, -0.2) is 54.6 Å². The van der Waals surface area contributed by atoms with Gasteiger partial charge in [-0.2, -0.15) is 0 Å². The van der Waals surface area contributed by atoms with E-state index in [4.69, 9.17) is 13.9 Å². The fourth-order valence-corrected chi connectivity index (χ4v) is 2.56. The molecule has 0 aliphatic heterocycles. The molecule has 2 amide bonds. The Labute approximate surface area is 161 Å². The maximum Gasteiger partial charge on any atom is 0.323 e. The molecule has 0 spiro atoms. The zero-order valence-corrected chi connectivity index (χ0v) is 15.8. The topological polar surface area (TPSA) is 118 Å². The minimum absolute atomic E-state index is 0.000341. The van der Waals surface area contributed by atoms with Gasteiger partial charge in [-0.15, -0.1) is 0 Å². The van der Waals surface area contributed by atoms with Crippen LogP contribution in [-0.2, 0) is 16.1 Å². The van der Waals surface area contributed by atoms with E-state index in [1.807, 2.05) is 0 Å². The van der Waals surface area contributed by atoms with Gasteiger partial charge in [0.1, 0.15) is 24.1 Å². The molecule has 0 saturated carbocycles. The van der Waals surface area contributed by atoms with E-state index in [1.165, 1.54) is 33.5 Å². The molecule has 0 aliphatic carbocycles. The van der Waals surface area contributed by atoms with Crippen molar-refractivity contribution < 1.29 is 33.4 Å². The second kappa shape index (κ2) is 9.45. The number of amides is 2. The Hall–Kier alpha value is -3.49. The van der Waals surface area contributed by atoms with E-state index in [1.54, 1.807) is 24.3 Å². The molecule has 1 aromatic carbocycles. The molecule has 1 unspecified atom stereocenters. The van der Waals surface area contributed by atoms with Gasteiger partial charge >= 0.3 is 5.97 Å². The van der Waals surface area contributed by atoms with Crippen molar-refractivity contribution in [3.05, 3.63) is 47.9 Å². The molecular formula is C19H22N2O7. The zero-order chi connectivity index (χ0) is 20.7. The average molecular weight is 390 g/mol. The molecule has 2 aromatic rings. The number of furan rings is 1. The van der Waals surface area contributed by atoms with E-state index in [0.29, 0.717) is 17.1 Å². The van der Waals surface area contributed by atoms with Crippen LogP contribution in [0.5, 0.6) is 11.5 Å². The lowest BCUT2D eigenvalue weighted by Gasteiger charge is -2.25. The van der Waals surface area contributed by atoms with Gasteiger partial charge in [0.05, 0.1) is 20.5 Å². The summed E-state index contributed by atoms with van der Waals surface area (Å²) in [5.41, 5.74) is 0.621. The van der Waals surface area contributed by atoms with Crippen LogP contribution in [0.1, 0.15) is 23.0 Å². The average Bonchev–Trinajstić information content (AvgIpc) is 3.21. The number of nitrogens with one attached hydrogen (secondary N) is 1. The molecule has 2 N–H and O–H groups in total. The lowest BCUT2D eigenvalue weighted by Crippen LogP contribution is -2.48. The quantitative estimate of drug-likeness (QED) is 0.666. The molecule has 0 radical (unpaired) electrons. The van der Waals surface area contributed by atoms with Crippen molar-refractivity contribution in [2.24, 2.45) is 0 Å². The zero-order valence-electron chi connectivity index (χ0n) is 15.8. The summed E-state index contributed by atoms with van der Waals surface area (Å²) in [6.07, 6.45) is 1.34. The molecule has 9 nitrogen and oxygen atoms in total. The number of nitrogens with zero attached hydrogens (tertiary/aromatic N) is 1. The van der Waals surface area contributed by atoms with Crippen molar-refractivity contribution in [1.82, 2.24) is 10.2 Å². The molecule has 1 aromatic heterocycles. The van der Waals surface area contributed by atoms with E-state index < -0.39 is 30.4 Å². The molecule has 150 valence electrons. The van der Waals surface area contributed by atoms with Crippen molar-refractivity contribution in [3.63, 3.8) is 0 Å². The standard InChI is InChI=1S/C19H22N2O7/c1-12(20-18(24)16-5-4-6-28-16)19(25)21(11-17(22)23)10-13-7-14(26-2)9-15(8-13)27-3/h4-9,12H,10-11H2,1-3H3,(H,20,24)(H,22,23). The van der Waals surface area contributed by atoms with Gasteiger partial charge in [0, 0.05) is 12.6 Å². The Morgan fingerprint density at radius 2 is 1.82 bits per heavy atom. The summed E-state index contributed by atoms with van der Waals surface area (Å²) in [4.78, 5) is 37.2. The van der Waals surface area contributed by atoms with E-state index >= 15 is 0 Å². The molecule has 1 heterocycles. The van der Waals surface area contributed by atoms with E-state index in [-0.39, 0.29) is 12.3 Å². The van der Waals surface area contributed by atoms with E-state index in [2.05, 4.69) is 5.32 Å². The number of hydrogen-bond acceptors (Lipinski definition) is 6. The lowest BCUT2D eigenvalue weighted by molar-refractivity contribution is -0.145. The number of carbonyl (C=O) groups is 3. The first kappa shape index (κ1) is 20.8. The van der Waals surface area contributed by atoms with Gasteiger partial charge in [0.2, 0.25) is 5.91 Å². The largest absolute Gasteiger partial charge is 0.497 e. The summed E-state index contributed by atoms with van der Waals surface area (Å²) >= 11 is 0. The lowest BCUT2D eigenvalue weighted by atomic mass is 10.1.